The highest BCUT2D eigenvalue weighted by molar-refractivity contribution is 6.29. The molecule has 1 aromatic heterocycles. The monoisotopic (exact) mass is 381 g/mol. The Morgan fingerprint density at radius 1 is 0.962 bits per heavy atom. The van der Waals surface area contributed by atoms with E-state index in [4.69, 9.17) is 11.6 Å². The van der Waals surface area contributed by atoms with Crippen LogP contribution >= 0.6 is 11.6 Å². The predicted molar refractivity (Wildman–Crippen MR) is 91.2 cm³/mol. The zero-order valence-corrected chi connectivity index (χ0v) is 13.9. The zero-order chi connectivity index (χ0) is 18.7. The van der Waals surface area contributed by atoms with Crippen LogP contribution in [0.5, 0.6) is 0 Å². The van der Waals surface area contributed by atoms with Crippen LogP contribution in [0.1, 0.15) is 11.1 Å². The fourth-order valence-corrected chi connectivity index (χ4v) is 2.46. The first-order chi connectivity index (χ1) is 12.3. The van der Waals surface area contributed by atoms with Gasteiger partial charge in [0.05, 0.1) is 5.56 Å². The van der Waals surface area contributed by atoms with Gasteiger partial charge in [0.15, 0.2) is 5.82 Å². The van der Waals surface area contributed by atoms with Crippen molar-refractivity contribution in [1.29, 1.82) is 0 Å². The van der Waals surface area contributed by atoms with E-state index in [-0.39, 0.29) is 23.3 Å². The van der Waals surface area contributed by atoms with Crippen LogP contribution in [0.3, 0.4) is 0 Å². The molecule has 1 N–H and O–H groups in total. The molecular weight excluding hydrogens is 370 g/mol. The van der Waals surface area contributed by atoms with E-state index < -0.39 is 11.7 Å². The average Bonchev–Trinajstić information content (AvgIpc) is 2.60. The lowest BCUT2D eigenvalue weighted by atomic mass is 10.1. The summed E-state index contributed by atoms with van der Waals surface area (Å²) in [6.07, 6.45) is -4.42. The Bertz CT molecular complexity index is 911. The van der Waals surface area contributed by atoms with E-state index in [1.807, 2.05) is 0 Å². The number of rotatable bonds is 4. The molecule has 3 aromatic rings. The summed E-state index contributed by atoms with van der Waals surface area (Å²) in [7, 11) is 0. The molecule has 0 radical (unpaired) electrons. The van der Waals surface area contributed by atoms with Crippen molar-refractivity contribution in [2.45, 2.75) is 12.7 Å². The molecule has 0 bridgehead atoms. The first-order valence-corrected chi connectivity index (χ1v) is 7.90. The number of anilines is 1. The molecular formula is C18H12ClF4N3. The van der Waals surface area contributed by atoms with E-state index in [1.165, 1.54) is 24.3 Å². The fraction of sp³-hybridized carbons (Fsp3) is 0.111. The van der Waals surface area contributed by atoms with Crippen molar-refractivity contribution in [3.05, 3.63) is 76.7 Å². The molecule has 0 saturated heterocycles. The molecule has 0 unspecified atom stereocenters. The third-order valence-electron chi connectivity index (χ3n) is 3.58. The minimum absolute atomic E-state index is 0.117. The summed E-state index contributed by atoms with van der Waals surface area (Å²) >= 11 is 5.97. The van der Waals surface area contributed by atoms with Crippen molar-refractivity contribution in [2.75, 3.05) is 5.32 Å². The van der Waals surface area contributed by atoms with Crippen LogP contribution in [0.2, 0.25) is 5.15 Å². The Morgan fingerprint density at radius 2 is 1.65 bits per heavy atom. The number of hydrogen-bond donors (Lipinski definition) is 1. The molecule has 0 amide bonds. The van der Waals surface area contributed by atoms with Gasteiger partial charge in [0.1, 0.15) is 16.8 Å². The second-order valence-corrected chi connectivity index (χ2v) is 5.81. The van der Waals surface area contributed by atoms with Gasteiger partial charge in [0.25, 0.3) is 0 Å². The Labute approximate surface area is 151 Å². The molecule has 0 saturated carbocycles. The molecule has 1 heterocycles. The van der Waals surface area contributed by atoms with Crippen molar-refractivity contribution in [3.8, 4) is 11.4 Å². The maximum Gasteiger partial charge on any atom is 0.416 e. The lowest BCUT2D eigenvalue weighted by molar-refractivity contribution is -0.137. The first-order valence-electron chi connectivity index (χ1n) is 7.52. The summed E-state index contributed by atoms with van der Waals surface area (Å²) in [4.78, 5) is 8.26. The number of nitrogens with one attached hydrogen (secondary N) is 1. The van der Waals surface area contributed by atoms with Crippen molar-refractivity contribution >= 4 is 17.4 Å². The van der Waals surface area contributed by atoms with E-state index in [0.717, 1.165) is 12.1 Å². The zero-order valence-electron chi connectivity index (χ0n) is 13.2. The highest BCUT2D eigenvalue weighted by Crippen LogP contribution is 2.30. The molecule has 0 spiro atoms. The van der Waals surface area contributed by atoms with Gasteiger partial charge in [-0.05, 0) is 18.2 Å². The van der Waals surface area contributed by atoms with Crippen molar-refractivity contribution in [2.24, 2.45) is 0 Å². The smallest absolute Gasteiger partial charge is 0.366 e. The second kappa shape index (κ2) is 7.29. The molecule has 8 heteroatoms. The van der Waals surface area contributed by atoms with Crippen LogP contribution in [0.15, 0.2) is 54.6 Å². The number of nitrogens with zero attached hydrogens (tertiary/aromatic N) is 2. The average molecular weight is 382 g/mol. The van der Waals surface area contributed by atoms with Gasteiger partial charge in [-0.2, -0.15) is 13.2 Å². The summed E-state index contributed by atoms with van der Waals surface area (Å²) in [6.45, 7) is 0.173. The van der Waals surface area contributed by atoms with Crippen molar-refractivity contribution < 1.29 is 17.6 Å². The van der Waals surface area contributed by atoms with E-state index in [2.05, 4.69) is 15.3 Å². The minimum Gasteiger partial charge on any atom is -0.366 e. The van der Waals surface area contributed by atoms with Crippen molar-refractivity contribution in [1.82, 2.24) is 9.97 Å². The highest BCUT2D eigenvalue weighted by Gasteiger charge is 2.30. The first kappa shape index (κ1) is 18.1. The lowest BCUT2D eigenvalue weighted by Gasteiger charge is -2.10. The standard InChI is InChI=1S/C18H12ClF4N3/c19-15-9-16(24-10-12-3-1-2-4-14(12)20)26-17(25-15)11-5-7-13(8-6-11)18(21,22)23/h1-9H,10H2,(H,24,25,26). The molecule has 0 aliphatic carbocycles. The van der Waals surface area contributed by atoms with E-state index in [1.54, 1.807) is 18.2 Å². The van der Waals surface area contributed by atoms with E-state index in [0.29, 0.717) is 16.9 Å². The summed E-state index contributed by atoms with van der Waals surface area (Å²) in [5, 5.41) is 3.05. The fourth-order valence-electron chi connectivity index (χ4n) is 2.27. The second-order valence-electron chi connectivity index (χ2n) is 5.42. The Kier molecular flexibility index (Phi) is 5.08. The van der Waals surface area contributed by atoms with Gasteiger partial charge in [-0.3, -0.25) is 0 Å². The van der Waals surface area contributed by atoms with Crippen LogP contribution < -0.4 is 5.32 Å². The van der Waals surface area contributed by atoms with Gasteiger partial charge < -0.3 is 5.32 Å². The predicted octanol–water partition coefficient (Wildman–Crippen LogP) is 5.57. The van der Waals surface area contributed by atoms with Crippen LogP contribution in [0, 0.1) is 5.82 Å². The normalized spacial score (nSPS) is 11.4. The van der Waals surface area contributed by atoms with Crippen LogP contribution in [0.25, 0.3) is 11.4 Å². The van der Waals surface area contributed by atoms with Crippen LogP contribution in [-0.4, -0.2) is 9.97 Å². The summed E-state index contributed by atoms with van der Waals surface area (Å²) < 4.78 is 51.6. The third-order valence-corrected chi connectivity index (χ3v) is 3.78. The highest BCUT2D eigenvalue weighted by atomic mass is 35.5. The Balaban J connectivity index is 1.82. The minimum atomic E-state index is -4.42. The number of aromatic nitrogens is 2. The number of hydrogen-bond acceptors (Lipinski definition) is 3. The van der Waals surface area contributed by atoms with Crippen molar-refractivity contribution in [3.63, 3.8) is 0 Å². The third kappa shape index (κ3) is 4.29. The quantitative estimate of drug-likeness (QED) is 0.474. The van der Waals surface area contributed by atoms with Gasteiger partial charge in [0.2, 0.25) is 0 Å². The molecule has 2 aromatic carbocycles. The SMILES string of the molecule is Fc1ccccc1CNc1cc(Cl)nc(-c2ccc(C(F)(F)F)cc2)n1. The molecule has 0 fully saturated rings. The molecule has 0 aliphatic rings. The summed E-state index contributed by atoms with van der Waals surface area (Å²) in [5.41, 5.74) is 0.0638. The van der Waals surface area contributed by atoms with Gasteiger partial charge in [-0.1, -0.05) is 41.9 Å². The molecule has 0 atom stereocenters. The largest absolute Gasteiger partial charge is 0.416 e. The number of benzene rings is 2. The topological polar surface area (TPSA) is 37.8 Å². The maximum absolute atomic E-state index is 13.7. The van der Waals surface area contributed by atoms with Crippen LogP contribution in [0.4, 0.5) is 23.4 Å². The molecule has 134 valence electrons. The van der Waals surface area contributed by atoms with E-state index in [9.17, 15) is 17.6 Å². The van der Waals surface area contributed by atoms with Gasteiger partial charge >= 0.3 is 6.18 Å². The molecule has 0 aliphatic heterocycles. The number of halogens is 5. The Morgan fingerprint density at radius 3 is 2.31 bits per heavy atom. The Hall–Kier alpha value is -2.67. The maximum atomic E-state index is 13.7. The molecule has 26 heavy (non-hydrogen) atoms. The molecule has 3 nitrogen and oxygen atoms in total. The molecule has 3 rings (SSSR count). The van der Waals surface area contributed by atoms with Crippen LogP contribution in [-0.2, 0) is 12.7 Å². The van der Waals surface area contributed by atoms with Gasteiger partial charge in [-0.15, -0.1) is 0 Å². The summed E-state index contributed by atoms with van der Waals surface area (Å²) in [6, 6.07) is 12.2. The van der Waals surface area contributed by atoms with Gasteiger partial charge in [-0.25, -0.2) is 14.4 Å². The summed E-state index contributed by atoms with van der Waals surface area (Å²) in [5.74, 6) is 0.147. The lowest BCUT2D eigenvalue weighted by Crippen LogP contribution is -2.05. The number of alkyl halides is 3. The van der Waals surface area contributed by atoms with E-state index >= 15 is 0 Å². The van der Waals surface area contributed by atoms with Gasteiger partial charge in [0, 0.05) is 23.7 Å².